The average molecular weight is 390 g/mol. The third kappa shape index (κ3) is 5.08. The Morgan fingerprint density at radius 2 is 1.93 bits per heavy atom. The third-order valence-corrected chi connectivity index (χ3v) is 5.97. The van der Waals surface area contributed by atoms with Crippen molar-refractivity contribution in [2.24, 2.45) is 0 Å². The minimum absolute atomic E-state index is 0.0411. The van der Waals surface area contributed by atoms with Crippen LogP contribution < -0.4 is 0 Å². The summed E-state index contributed by atoms with van der Waals surface area (Å²) in [7, 11) is 0. The molecule has 1 heterocycles. The Morgan fingerprint density at radius 1 is 1.19 bits per heavy atom. The number of nitrogens with zero attached hydrogens (tertiary/aromatic N) is 2. The lowest BCUT2D eigenvalue weighted by Crippen LogP contribution is -2.42. The van der Waals surface area contributed by atoms with Gasteiger partial charge < -0.3 is 4.90 Å². The van der Waals surface area contributed by atoms with Gasteiger partial charge in [-0.15, -0.1) is 11.8 Å². The number of carbonyl (C=O) groups is 1. The Labute approximate surface area is 163 Å². The first-order valence-electron chi connectivity index (χ1n) is 9.09. The molecule has 144 valence electrons. The fraction of sp³-hybridized carbons (Fsp3) is 0.381. The van der Waals surface area contributed by atoms with Crippen LogP contribution in [0.2, 0.25) is 0 Å². The first-order chi connectivity index (χ1) is 12.9. The highest BCUT2D eigenvalue weighted by atomic mass is 32.2. The number of thioether (sulfide) groups is 1. The standard InChI is InChI=1S/C21H24F2N2OS/c1-15(2)24(13-16-4-3-5-19(23)12-16)14-20(26)25-10-11-27-21(25)17-6-8-18(22)9-7-17/h3-9,12,15,21H,10-11,13-14H2,1-2H3. The zero-order valence-electron chi connectivity index (χ0n) is 15.6. The molecule has 0 radical (unpaired) electrons. The van der Waals surface area contributed by atoms with Crippen LogP contribution in [0, 0.1) is 11.6 Å². The van der Waals surface area contributed by atoms with E-state index in [1.807, 2.05) is 29.7 Å². The smallest absolute Gasteiger partial charge is 0.237 e. The highest BCUT2D eigenvalue weighted by molar-refractivity contribution is 7.99. The number of benzene rings is 2. The lowest BCUT2D eigenvalue weighted by Gasteiger charge is -2.30. The Kier molecular flexibility index (Phi) is 6.50. The minimum atomic E-state index is -0.277. The number of carbonyl (C=O) groups excluding carboxylic acids is 1. The second kappa shape index (κ2) is 8.85. The largest absolute Gasteiger partial charge is 0.325 e. The van der Waals surface area contributed by atoms with E-state index in [9.17, 15) is 13.6 Å². The van der Waals surface area contributed by atoms with Gasteiger partial charge >= 0.3 is 0 Å². The molecule has 0 saturated carbocycles. The summed E-state index contributed by atoms with van der Waals surface area (Å²) in [6.45, 7) is 5.53. The van der Waals surface area contributed by atoms with E-state index in [0.29, 0.717) is 13.1 Å². The Morgan fingerprint density at radius 3 is 2.59 bits per heavy atom. The molecule has 1 unspecified atom stereocenters. The fourth-order valence-electron chi connectivity index (χ4n) is 3.18. The molecule has 1 aliphatic rings. The van der Waals surface area contributed by atoms with Crippen LogP contribution in [0.15, 0.2) is 48.5 Å². The van der Waals surface area contributed by atoms with Gasteiger partial charge in [0, 0.05) is 24.9 Å². The topological polar surface area (TPSA) is 23.6 Å². The molecule has 0 N–H and O–H groups in total. The van der Waals surface area contributed by atoms with E-state index in [-0.39, 0.29) is 35.5 Å². The average Bonchev–Trinajstić information content (AvgIpc) is 3.11. The molecule has 3 rings (SSSR count). The van der Waals surface area contributed by atoms with Crippen LogP contribution in [0.1, 0.15) is 30.3 Å². The molecule has 2 aromatic carbocycles. The molecule has 6 heteroatoms. The quantitative estimate of drug-likeness (QED) is 0.728. The number of hydrogen-bond donors (Lipinski definition) is 0. The highest BCUT2D eigenvalue weighted by Gasteiger charge is 2.31. The van der Waals surface area contributed by atoms with Crippen molar-refractivity contribution in [1.82, 2.24) is 9.80 Å². The van der Waals surface area contributed by atoms with Gasteiger partial charge in [-0.05, 0) is 49.2 Å². The van der Waals surface area contributed by atoms with E-state index in [1.54, 1.807) is 30.0 Å². The van der Waals surface area contributed by atoms with Gasteiger partial charge in [0.2, 0.25) is 5.91 Å². The van der Waals surface area contributed by atoms with Gasteiger partial charge in [0.25, 0.3) is 0 Å². The molecular weight excluding hydrogens is 366 g/mol. The zero-order chi connectivity index (χ0) is 19.4. The summed E-state index contributed by atoms with van der Waals surface area (Å²) in [4.78, 5) is 16.9. The molecule has 1 fully saturated rings. The lowest BCUT2D eigenvalue weighted by atomic mass is 10.1. The van der Waals surface area contributed by atoms with Crippen molar-refractivity contribution in [2.45, 2.75) is 31.8 Å². The van der Waals surface area contributed by atoms with Crippen molar-refractivity contribution in [1.29, 1.82) is 0 Å². The van der Waals surface area contributed by atoms with E-state index in [4.69, 9.17) is 0 Å². The van der Waals surface area contributed by atoms with Crippen LogP contribution in [-0.2, 0) is 11.3 Å². The molecule has 1 saturated heterocycles. The molecule has 0 spiro atoms. The second-order valence-corrected chi connectivity index (χ2v) is 8.18. The van der Waals surface area contributed by atoms with Gasteiger partial charge in [0.1, 0.15) is 17.0 Å². The predicted molar refractivity (Wildman–Crippen MR) is 105 cm³/mol. The summed E-state index contributed by atoms with van der Waals surface area (Å²) in [6.07, 6.45) is 0. The Balaban J connectivity index is 1.70. The lowest BCUT2D eigenvalue weighted by molar-refractivity contribution is -0.133. The number of amides is 1. The maximum Gasteiger partial charge on any atom is 0.237 e. The molecule has 1 atom stereocenters. The van der Waals surface area contributed by atoms with E-state index < -0.39 is 0 Å². The van der Waals surface area contributed by atoms with Gasteiger partial charge in [-0.3, -0.25) is 9.69 Å². The van der Waals surface area contributed by atoms with E-state index in [1.165, 1.54) is 24.3 Å². The van der Waals surface area contributed by atoms with Crippen molar-refractivity contribution in [2.75, 3.05) is 18.8 Å². The van der Waals surface area contributed by atoms with Crippen LogP contribution >= 0.6 is 11.8 Å². The zero-order valence-corrected chi connectivity index (χ0v) is 16.4. The molecule has 1 amide bonds. The van der Waals surface area contributed by atoms with Crippen molar-refractivity contribution in [3.63, 3.8) is 0 Å². The molecule has 0 aliphatic carbocycles. The van der Waals surface area contributed by atoms with Crippen molar-refractivity contribution in [3.8, 4) is 0 Å². The first-order valence-corrected chi connectivity index (χ1v) is 10.1. The SMILES string of the molecule is CC(C)N(CC(=O)N1CCSC1c1ccc(F)cc1)Cc1cccc(F)c1. The van der Waals surface area contributed by atoms with Crippen LogP contribution in [0.3, 0.4) is 0 Å². The normalized spacial score (nSPS) is 17.1. The van der Waals surface area contributed by atoms with E-state index in [2.05, 4.69) is 0 Å². The Hall–Kier alpha value is -1.92. The van der Waals surface area contributed by atoms with Gasteiger partial charge in [-0.25, -0.2) is 8.78 Å². The van der Waals surface area contributed by atoms with Crippen molar-refractivity contribution >= 4 is 17.7 Å². The van der Waals surface area contributed by atoms with E-state index in [0.717, 1.165) is 16.9 Å². The highest BCUT2D eigenvalue weighted by Crippen LogP contribution is 2.38. The molecule has 2 aromatic rings. The number of hydrogen-bond acceptors (Lipinski definition) is 3. The van der Waals surface area contributed by atoms with Gasteiger partial charge in [-0.2, -0.15) is 0 Å². The van der Waals surface area contributed by atoms with Crippen LogP contribution in [0.4, 0.5) is 8.78 Å². The van der Waals surface area contributed by atoms with Crippen LogP contribution in [0.25, 0.3) is 0 Å². The summed E-state index contributed by atoms with van der Waals surface area (Å²) < 4.78 is 26.7. The molecular formula is C21H24F2N2OS. The summed E-state index contributed by atoms with van der Waals surface area (Å²) in [5.41, 5.74) is 1.79. The third-order valence-electron chi connectivity index (χ3n) is 4.71. The van der Waals surface area contributed by atoms with Gasteiger partial charge in [0.05, 0.1) is 6.54 Å². The molecule has 0 bridgehead atoms. The number of halogens is 2. The monoisotopic (exact) mass is 390 g/mol. The maximum atomic E-state index is 13.5. The minimum Gasteiger partial charge on any atom is -0.325 e. The molecule has 0 aromatic heterocycles. The summed E-state index contributed by atoms with van der Waals surface area (Å²) in [6, 6.07) is 13.0. The molecule has 3 nitrogen and oxygen atoms in total. The van der Waals surface area contributed by atoms with E-state index >= 15 is 0 Å². The summed E-state index contributed by atoms with van der Waals surface area (Å²) >= 11 is 1.69. The summed E-state index contributed by atoms with van der Waals surface area (Å²) in [5.74, 6) is 0.356. The van der Waals surface area contributed by atoms with Crippen molar-refractivity contribution in [3.05, 3.63) is 71.3 Å². The van der Waals surface area contributed by atoms with Crippen molar-refractivity contribution < 1.29 is 13.6 Å². The second-order valence-electron chi connectivity index (χ2n) is 6.99. The van der Waals surface area contributed by atoms with Gasteiger partial charge in [0.15, 0.2) is 0 Å². The molecule has 1 aliphatic heterocycles. The number of rotatable bonds is 6. The fourth-order valence-corrected chi connectivity index (χ4v) is 4.46. The first kappa shape index (κ1) is 19.8. The Bertz CT molecular complexity index is 782. The van der Waals surface area contributed by atoms with Gasteiger partial charge in [-0.1, -0.05) is 24.3 Å². The van der Waals surface area contributed by atoms with Crippen LogP contribution in [-0.4, -0.2) is 40.6 Å². The predicted octanol–water partition coefficient (Wildman–Crippen LogP) is 4.45. The summed E-state index contributed by atoms with van der Waals surface area (Å²) in [5, 5.41) is -0.0821. The van der Waals surface area contributed by atoms with Crippen LogP contribution in [0.5, 0.6) is 0 Å². The maximum absolute atomic E-state index is 13.5. The molecule has 27 heavy (non-hydrogen) atoms.